The molecule has 156 valence electrons. The lowest BCUT2D eigenvalue weighted by molar-refractivity contribution is 0.0498. The van der Waals surface area contributed by atoms with Crippen LogP contribution >= 0.6 is 0 Å². The van der Waals surface area contributed by atoms with E-state index in [0.29, 0.717) is 18.1 Å². The summed E-state index contributed by atoms with van der Waals surface area (Å²) in [6, 6.07) is 8.27. The second kappa shape index (κ2) is 11.0. The lowest BCUT2D eigenvalue weighted by atomic mass is 9.68. The van der Waals surface area contributed by atoms with E-state index < -0.39 is 0 Å². The number of benzene rings is 1. The van der Waals surface area contributed by atoms with Gasteiger partial charge in [-0.1, -0.05) is 58.1 Å². The summed E-state index contributed by atoms with van der Waals surface area (Å²) in [7, 11) is 0. The molecule has 1 aromatic carbocycles. The average molecular weight is 385 g/mol. The van der Waals surface area contributed by atoms with Crippen molar-refractivity contribution in [3.63, 3.8) is 0 Å². The quantitative estimate of drug-likeness (QED) is 0.342. The van der Waals surface area contributed by atoms with E-state index in [1.807, 2.05) is 12.1 Å². The number of hydrogen-bond acceptors (Lipinski definition) is 2. The summed E-state index contributed by atoms with van der Waals surface area (Å²) in [5.74, 6) is 3.47. The molecule has 0 amide bonds. The van der Waals surface area contributed by atoms with E-state index >= 15 is 0 Å². The number of ether oxygens (including phenoxy) is 1. The molecular formula is C26H40O2. The molecule has 1 aromatic rings. The third-order valence-corrected chi connectivity index (χ3v) is 7.51. The van der Waals surface area contributed by atoms with Crippen molar-refractivity contribution in [3.8, 4) is 0 Å². The smallest absolute Gasteiger partial charge is 0.338 e. The molecule has 3 rings (SSSR count). The molecule has 28 heavy (non-hydrogen) atoms. The van der Waals surface area contributed by atoms with E-state index in [-0.39, 0.29) is 5.97 Å². The molecule has 0 saturated heterocycles. The molecule has 0 aromatic heterocycles. The number of esters is 1. The van der Waals surface area contributed by atoms with Crippen LogP contribution in [0.2, 0.25) is 0 Å². The van der Waals surface area contributed by atoms with Crippen LogP contribution in [0.15, 0.2) is 24.3 Å². The van der Waals surface area contributed by atoms with Crippen LogP contribution in [0.3, 0.4) is 0 Å². The summed E-state index contributed by atoms with van der Waals surface area (Å²) >= 11 is 0. The zero-order valence-electron chi connectivity index (χ0n) is 18.1. The lowest BCUT2D eigenvalue weighted by Gasteiger charge is -2.38. The summed E-state index contributed by atoms with van der Waals surface area (Å²) in [6.07, 6.45) is 15.9. The Morgan fingerprint density at radius 1 is 0.857 bits per heavy atom. The first-order valence-electron chi connectivity index (χ1n) is 12.0. The van der Waals surface area contributed by atoms with E-state index in [4.69, 9.17) is 4.74 Å². The molecule has 0 N–H and O–H groups in total. The van der Waals surface area contributed by atoms with Gasteiger partial charge in [0.15, 0.2) is 0 Å². The molecule has 0 bridgehead atoms. The van der Waals surface area contributed by atoms with Gasteiger partial charge in [-0.3, -0.25) is 0 Å². The molecule has 2 aliphatic rings. The highest BCUT2D eigenvalue weighted by atomic mass is 16.5. The monoisotopic (exact) mass is 384 g/mol. The Morgan fingerprint density at radius 2 is 1.46 bits per heavy atom. The van der Waals surface area contributed by atoms with Crippen molar-refractivity contribution in [3.05, 3.63) is 35.4 Å². The molecule has 0 radical (unpaired) electrons. The molecule has 2 aliphatic carbocycles. The van der Waals surface area contributed by atoms with Crippen molar-refractivity contribution in [1.82, 2.24) is 0 Å². The third-order valence-electron chi connectivity index (χ3n) is 7.51. The Balaban J connectivity index is 1.44. The normalized spacial score (nSPS) is 28.1. The van der Waals surface area contributed by atoms with Crippen molar-refractivity contribution in [1.29, 1.82) is 0 Å². The van der Waals surface area contributed by atoms with E-state index in [0.717, 1.165) is 37.0 Å². The van der Waals surface area contributed by atoms with Crippen molar-refractivity contribution < 1.29 is 9.53 Å². The van der Waals surface area contributed by atoms with Crippen LogP contribution in [-0.4, -0.2) is 12.6 Å². The van der Waals surface area contributed by atoms with Crippen molar-refractivity contribution in [2.24, 2.45) is 17.8 Å². The fourth-order valence-electron chi connectivity index (χ4n) is 5.48. The van der Waals surface area contributed by atoms with Crippen LogP contribution in [0.4, 0.5) is 0 Å². The molecule has 2 fully saturated rings. The third kappa shape index (κ3) is 5.84. The maximum absolute atomic E-state index is 12.1. The molecule has 0 heterocycles. The highest BCUT2D eigenvalue weighted by molar-refractivity contribution is 5.89. The first kappa shape index (κ1) is 21.4. The van der Waals surface area contributed by atoms with Gasteiger partial charge in [-0.15, -0.1) is 0 Å². The van der Waals surface area contributed by atoms with Gasteiger partial charge < -0.3 is 4.74 Å². The maximum atomic E-state index is 12.1. The van der Waals surface area contributed by atoms with E-state index in [2.05, 4.69) is 26.0 Å². The van der Waals surface area contributed by atoms with E-state index in [1.54, 1.807) is 0 Å². The molecule has 0 unspecified atom stereocenters. The molecule has 2 nitrogen and oxygen atoms in total. The molecular weight excluding hydrogens is 344 g/mol. The van der Waals surface area contributed by atoms with Crippen LogP contribution in [0.5, 0.6) is 0 Å². The van der Waals surface area contributed by atoms with Crippen LogP contribution in [0.1, 0.15) is 113 Å². The zero-order chi connectivity index (χ0) is 19.8. The molecule has 0 spiro atoms. The van der Waals surface area contributed by atoms with Crippen molar-refractivity contribution in [2.75, 3.05) is 6.61 Å². The van der Waals surface area contributed by atoms with Crippen LogP contribution in [-0.2, 0) is 4.74 Å². The van der Waals surface area contributed by atoms with Gasteiger partial charge in [0, 0.05) is 0 Å². The fourth-order valence-corrected chi connectivity index (χ4v) is 5.48. The number of unbranched alkanes of at least 4 members (excludes halogenated alkanes) is 2. The van der Waals surface area contributed by atoms with Crippen LogP contribution < -0.4 is 0 Å². The average Bonchev–Trinajstić information content (AvgIpc) is 2.77. The second-order valence-electron chi connectivity index (χ2n) is 9.27. The van der Waals surface area contributed by atoms with Gasteiger partial charge in [0.1, 0.15) is 0 Å². The molecule has 2 saturated carbocycles. The summed E-state index contributed by atoms with van der Waals surface area (Å²) in [6.45, 7) is 5.05. The standard InChI is InChI=1S/C26H40O2/c1-3-5-6-19-28-26(27)25-17-15-24(16-18-25)23-13-11-22(12-14-23)21-9-7-20(4-2)8-10-21/h15-18,20-23H,3-14,19H2,1-2H3. The highest BCUT2D eigenvalue weighted by Gasteiger charge is 2.30. The zero-order valence-corrected chi connectivity index (χ0v) is 18.1. The minimum atomic E-state index is -0.172. The maximum Gasteiger partial charge on any atom is 0.338 e. The van der Waals surface area contributed by atoms with Crippen LogP contribution in [0, 0.1) is 17.8 Å². The van der Waals surface area contributed by atoms with Crippen LogP contribution in [0.25, 0.3) is 0 Å². The molecule has 0 atom stereocenters. The fraction of sp³-hybridized carbons (Fsp3) is 0.731. The summed E-state index contributed by atoms with van der Waals surface area (Å²) in [5, 5.41) is 0. The van der Waals surface area contributed by atoms with E-state index in [9.17, 15) is 4.79 Å². The predicted molar refractivity (Wildman–Crippen MR) is 117 cm³/mol. The Kier molecular flexibility index (Phi) is 8.43. The summed E-state index contributed by atoms with van der Waals surface area (Å²) < 4.78 is 5.37. The molecule has 0 aliphatic heterocycles. The Morgan fingerprint density at radius 3 is 2.04 bits per heavy atom. The Bertz CT molecular complexity index is 575. The topological polar surface area (TPSA) is 26.3 Å². The van der Waals surface area contributed by atoms with Gasteiger partial charge in [0.05, 0.1) is 12.2 Å². The summed E-state index contributed by atoms with van der Waals surface area (Å²) in [5.41, 5.74) is 2.11. The van der Waals surface area contributed by atoms with Crippen molar-refractivity contribution >= 4 is 5.97 Å². The van der Waals surface area contributed by atoms with Gasteiger partial charge >= 0.3 is 5.97 Å². The summed E-state index contributed by atoms with van der Waals surface area (Å²) in [4.78, 5) is 12.1. The van der Waals surface area contributed by atoms with Gasteiger partial charge in [-0.05, 0) is 86.3 Å². The first-order valence-corrected chi connectivity index (χ1v) is 12.0. The number of rotatable bonds is 8. The Hall–Kier alpha value is -1.31. The SMILES string of the molecule is CCCCCOC(=O)c1ccc(C2CCC(C3CCC(CC)CC3)CC2)cc1. The van der Waals surface area contributed by atoms with Crippen molar-refractivity contribution in [2.45, 2.75) is 96.8 Å². The van der Waals surface area contributed by atoms with Gasteiger partial charge in [0.25, 0.3) is 0 Å². The Labute approximate surface area is 172 Å². The van der Waals surface area contributed by atoms with Gasteiger partial charge in [-0.2, -0.15) is 0 Å². The van der Waals surface area contributed by atoms with Gasteiger partial charge in [-0.25, -0.2) is 4.79 Å². The molecule has 2 heteroatoms. The number of carbonyl (C=O) groups is 1. The second-order valence-corrected chi connectivity index (χ2v) is 9.27. The minimum Gasteiger partial charge on any atom is -0.462 e. The highest BCUT2D eigenvalue weighted by Crippen LogP contribution is 2.44. The lowest BCUT2D eigenvalue weighted by Crippen LogP contribution is -2.25. The largest absolute Gasteiger partial charge is 0.462 e. The minimum absolute atomic E-state index is 0.172. The van der Waals surface area contributed by atoms with Gasteiger partial charge in [0.2, 0.25) is 0 Å². The number of hydrogen-bond donors (Lipinski definition) is 0. The predicted octanol–water partition coefficient (Wildman–Crippen LogP) is 7.52. The van der Waals surface area contributed by atoms with E-state index in [1.165, 1.54) is 63.4 Å². The first-order chi connectivity index (χ1) is 13.7. The number of carbonyl (C=O) groups excluding carboxylic acids is 1.